The minimum Gasteiger partial charge on any atom is -0.359 e. The van der Waals surface area contributed by atoms with Crippen LogP contribution in [0.3, 0.4) is 0 Å². The number of aromatic nitrogens is 3. The SMILES string of the molecule is CN(CC1CCN(c2cnccn2)CC1)c1cc(C(F)(F)F)ccn1. The van der Waals surface area contributed by atoms with Crippen LogP contribution in [0, 0.1) is 5.92 Å². The van der Waals surface area contributed by atoms with Gasteiger partial charge in [0, 0.05) is 45.3 Å². The number of alkyl halides is 3. The summed E-state index contributed by atoms with van der Waals surface area (Å²) in [5, 5.41) is 0. The highest BCUT2D eigenvalue weighted by Crippen LogP contribution is 2.31. The molecule has 1 aliphatic rings. The lowest BCUT2D eigenvalue weighted by molar-refractivity contribution is -0.137. The maximum absolute atomic E-state index is 12.8. The molecule has 3 heterocycles. The Kier molecular flexibility index (Phi) is 5.06. The van der Waals surface area contributed by atoms with Crippen LogP contribution in [-0.4, -0.2) is 41.6 Å². The Bertz CT molecular complexity index is 684. The van der Waals surface area contributed by atoms with E-state index >= 15 is 0 Å². The second-order valence-electron chi connectivity index (χ2n) is 6.28. The van der Waals surface area contributed by atoms with Crippen molar-refractivity contribution in [1.29, 1.82) is 0 Å². The number of halogens is 3. The van der Waals surface area contributed by atoms with Crippen LogP contribution in [0.25, 0.3) is 0 Å². The average Bonchev–Trinajstić information content (AvgIpc) is 2.62. The van der Waals surface area contributed by atoms with Gasteiger partial charge in [0.1, 0.15) is 11.6 Å². The first kappa shape index (κ1) is 17.4. The van der Waals surface area contributed by atoms with Gasteiger partial charge in [-0.1, -0.05) is 0 Å². The molecular weight excluding hydrogens is 331 g/mol. The molecule has 0 atom stereocenters. The van der Waals surface area contributed by atoms with Crippen LogP contribution in [0.15, 0.2) is 36.9 Å². The molecule has 1 fully saturated rings. The van der Waals surface area contributed by atoms with E-state index in [1.807, 2.05) is 0 Å². The fourth-order valence-electron chi connectivity index (χ4n) is 3.08. The van der Waals surface area contributed by atoms with E-state index in [1.165, 1.54) is 6.20 Å². The third kappa shape index (κ3) is 4.37. The molecule has 0 bridgehead atoms. The number of rotatable bonds is 4. The molecule has 1 saturated heterocycles. The second kappa shape index (κ2) is 7.25. The Balaban J connectivity index is 1.57. The summed E-state index contributed by atoms with van der Waals surface area (Å²) < 4.78 is 38.5. The van der Waals surface area contributed by atoms with Crippen LogP contribution >= 0.6 is 0 Å². The molecule has 134 valence electrons. The Labute approximate surface area is 144 Å². The van der Waals surface area contributed by atoms with Crippen molar-refractivity contribution in [3.63, 3.8) is 0 Å². The van der Waals surface area contributed by atoms with Gasteiger partial charge in [-0.3, -0.25) is 4.98 Å². The highest BCUT2D eigenvalue weighted by molar-refractivity contribution is 5.41. The number of hydrogen-bond donors (Lipinski definition) is 0. The van der Waals surface area contributed by atoms with E-state index in [0.29, 0.717) is 18.3 Å². The van der Waals surface area contributed by atoms with Gasteiger partial charge >= 0.3 is 6.18 Å². The third-order valence-corrected chi connectivity index (χ3v) is 4.48. The quantitative estimate of drug-likeness (QED) is 0.846. The molecule has 0 N–H and O–H groups in total. The normalized spacial score (nSPS) is 16.1. The molecule has 0 saturated carbocycles. The van der Waals surface area contributed by atoms with Crippen molar-refractivity contribution in [1.82, 2.24) is 15.0 Å². The molecule has 3 rings (SSSR count). The zero-order chi connectivity index (χ0) is 17.9. The van der Waals surface area contributed by atoms with Crippen molar-refractivity contribution in [2.24, 2.45) is 5.92 Å². The molecule has 8 heteroatoms. The van der Waals surface area contributed by atoms with E-state index in [1.54, 1.807) is 30.5 Å². The molecule has 5 nitrogen and oxygen atoms in total. The molecule has 1 aliphatic heterocycles. The van der Waals surface area contributed by atoms with Crippen LogP contribution in [0.4, 0.5) is 24.8 Å². The summed E-state index contributed by atoms with van der Waals surface area (Å²) in [4.78, 5) is 16.5. The average molecular weight is 351 g/mol. The first-order chi connectivity index (χ1) is 11.9. The molecule has 0 unspecified atom stereocenters. The molecule has 25 heavy (non-hydrogen) atoms. The number of pyridine rings is 1. The van der Waals surface area contributed by atoms with E-state index < -0.39 is 11.7 Å². The van der Waals surface area contributed by atoms with Gasteiger partial charge in [0.05, 0.1) is 11.8 Å². The van der Waals surface area contributed by atoms with Crippen LogP contribution in [0.2, 0.25) is 0 Å². The maximum atomic E-state index is 12.8. The topological polar surface area (TPSA) is 45.2 Å². The highest BCUT2D eigenvalue weighted by Gasteiger charge is 2.31. The van der Waals surface area contributed by atoms with Crippen molar-refractivity contribution in [3.8, 4) is 0 Å². The van der Waals surface area contributed by atoms with Crippen molar-refractivity contribution in [2.75, 3.05) is 36.5 Å². The minimum atomic E-state index is -4.35. The summed E-state index contributed by atoms with van der Waals surface area (Å²) in [6.07, 6.45) is 3.85. The van der Waals surface area contributed by atoms with Crippen molar-refractivity contribution in [2.45, 2.75) is 19.0 Å². The molecule has 0 aromatic carbocycles. The Morgan fingerprint density at radius 2 is 1.92 bits per heavy atom. The number of nitrogens with zero attached hydrogens (tertiary/aromatic N) is 5. The van der Waals surface area contributed by atoms with E-state index in [9.17, 15) is 13.2 Å². The van der Waals surface area contributed by atoms with E-state index in [0.717, 1.165) is 43.9 Å². The standard InChI is InChI=1S/C17H20F3N5/c1-24(15-10-14(2-5-22-15)17(18,19)20)12-13-3-8-25(9-4-13)16-11-21-6-7-23-16/h2,5-7,10-11,13H,3-4,8-9,12H2,1H3. The van der Waals surface area contributed by atoms with Gasteiger partial charge in [0.25, 0.3) is 0 Å². The smallest absolute Gasteiger partial charge is 0.359 e. The summed E-state index contributed by atoms with van der Waals surface area (Å²) in [5.74, 6) is 1.63. The number of anilines is 2. The zero-order valence-corrected chi connectivity index (χ0v) is 13.9. The molecule has 0 radical (unpaired) electrons. The summed E-state index contributed by atoms with van der Waals surface area (Å²) in [6.45, 7) is 2.42. The van der Waals surface area contributed by atoms with Crippen LogP contribution in [0.1, 0.15) is 18.4 Å². The van der Waals surface area contributed by atoms with E-state index in [-0.39, 0.29) is 0 Å². The minimum absolute atomic E-state index is 0.353. The van der Waals surface area contributed by atoms with Crippen molar-refractivity contribution >= 4 is 11.6 Å². The maximum Gasteiger partial charge on any atom is 0.416 e. The van der Waals surface area contributed by atoms with E-state index in [4.69, 9.17) is 0 Å². The van der Waals surface area contributed by atoms with Gasteiger partial charge in [-0.2, -0.15) is 13.2 Å². The van der Waals surface area contributed by atoms with Gasteiger partial charge in [0.2, 0.25) is 0 Å². The fraction of sp³-hybridized carbons (Fsp3) is 0.471. The fourth-order valence-corrected chi connectivity index (χ4v) is 3.08. The molecular formula is C17H20F3N5. The largest absolute Gasteiger partial charge is 0.416 e. The zero-order valence-electron chi connectivity index (χ0n) is 13.9. The highest BCUT2D eigenvalue weighted by atomic mass is 19.4. The lowest BCUT2D eigenvalue weighted by Gasteiger charge is -2.34. The Morgan fingerprint density at radius 3 is 2.56 bits per heavy atom. The summed E-state index contributed by atoms with van der Waals surface area (Å²) >= 11 is 0. The van der Waals surface area contributed by atoms with Gasteiger partial charge < -0.3 is 9.80 Å². The Hall–Kier alpha value is -2.38. The first-order valence-electron chi connectivity index (χ1n) is 8.19. The predicted octanol–water partition coefficient (Wildman–Crippen LogP) is 3.24. The summed E-state index contributed by atoms with van der Waals surface area (Å²) in [7, 11) is 1.79. The van der Waals surface area contributed by atoms with Crippen LogP contribution < -0.4 is 9.80 Å². The van der Waals surface area contributed by atoms with Gasteiger partial charge in [-0.05, 0) is 30.9 Å². The number of piperidine rings is 1. The number of hydrogen-bond acceptors (Lipinski definition) is 5. The summed E-state index contributed by atoms with van der Waals surface area (Å²) in [5.41, 5.74) is -0.665. The van der Waals surface area contributed by atoms with Crippen LogP contribution in [-0.2, 0) is 6.18 Å². The third-order valence-electron chi connectivity index (χ3n) is 4.48. The van der Waals surface area contributed by atoms with Gasteiger partial charge in [-0.15, -0.1) is 0 Å². The van der Waals surface area contributed by atoms with Gasteiger partial charge in [-0.25, -0.2) is 9.97 Å². The summed E-state index contributed by atoms with van der Waals surface area (Å²) in [6, 6.07) is 2.10. The molecule has 2 aromatic rings. The lowest BCUT2D eigenvalue weighted by Crippen LogP contribution is -2.38. The molecule has 2 aromatic heterocycles. The van der Waals surface area contributed by atoms with Crippen LogP contribution in [0.5, 0.6) is 0 Å². The van der Waals surface area contributed by atoms with Crippen molar-refractivity contribution < 1.29 is 13.2 Å². The van der Waals surface area contributed by atoms with Gasteiger partial charge in [0.15, 0.2) is 0 Å². The van der Waals surface area contributed by atoms with E-state index in [2.05, 4.69) is 19.9 Å². The Morgan fingerprint density at radius 1 is 1.16 bits per heavy atom. The molecule has 0 amide bonds. The molecule has 0 spiro atoms. The first-order valence-corrected chi connectivity index (χ1v) is 8.19. The lowest BCUT2D eigenvalue weighted by atomic mass is 9.96. The monoisotopic (exact) mass is 351 g/mol. The predicted molar refractivity (Wildman–Crippen MR) is 89.5 cm³/mol. The second-order valence-corrected chi connectivity index (χ2v) is 6.28. The van der Waals surface area contributed by atoms with Crippen molar-refractivity contribution in [3.05, 3.63) is 42.5 Å². The molecule has 0 aliphatic carbocycles.